The normalized spacial score (nSPS) is 13.8. The number of amides is 2. The van der Waals surface area contributed by atoms with Crippen molar-refractivity contribution in [2.45, 2.75) is 72.3 Å². The summed E-state index contributed by atoms with van der Waals surface area (Å²) in [4.78, 5) is 47.2. The van der Waals surface area contributed by atoms with E-state index in [1.165, 1.54) is 27.7 Å². The summed E-state index contributed by atoms with van der Waals surface area (Å²) in [6.45, 7) is 11.3. The Morgan fingerprint density at radius 3 is 1.81 bits per heavy atom. The largest absolute Gasteiger partial charge is 0.459 e. The highest BCUT2D eigenvalue weighted by Gasteiger charge is 2.58. The van der Waals surface area contributed by atoms with Crippen LogP contribution >= 0.6 is 0 Å². The molecule has 2 amide bonds. The molecule has 0 bridgehead atoms. The van der Waals surface area contributed by atoms with E-state index < -0.39 is 39.9 Å². The zero-order chi connectivity index (χ0) is 20.9. The summed E-state index contributed by atoms with van der Waals surface area (Å²) in [7, 11) is 0. The minimum absolute atomic E-state index is 0.157. The van der Waals surface area contributed by atoms with Crippen LogP contribution < -0.4 is 5.43 Å². The first-order chi connectivity index (χ1) is 11.5. The van der Waals surface area contributed by atoms with Crippen molar-refractivity contribution >= 4 is 18.2 Å². The molecule has 0 saturated carbocycles. The fraction of sp³-hybridized carbons (Fsp3) is 0.800. The van der Waals surface area contributed by atoms with Gasteiger partial charge in [0.15, 0.2) is 0 Å². The highest BCUT2D eigenvalue weighted by Crippen LogP contribution is 2.21. The minimum atomic E-state index is -2.77. The van der Waals surface area contributed by atoms with Crippen LogP contribution in [-0.2, 0) is 19.0 Å². The molecule has 0 saturated heterocycles. The maximum Gasteiger partial charge on any atom is 0.435 e. The van der Waals surface area contributed by atoms with E-state index in [0.29, 0.717) is 0 Å². The van der Waals surface area contributed by atoms with E-state index in [2.05, 4.69) is 4.74 Å². The first-order valence-corrected chi connectivity index (χ1v) is 7.89. The smallest absolute Gasteiger partial charge is 0.435 e. The number of carbonyl (C=O) groups excluding carboxylic acids is 3. The van der Waals surface area contributed by atoms with E-state index in [9.17, 15) is 24.5 Å². The van der Waals surface area contributed by atoms with Gasteiger partial charge in [-0.25, -0.2) is 19.8 Å². The lowest BCUT2D eigenvalue weighted by Gasteiger charge is -2.33. The van der Waals surface area contributed by atoms with Crippen molar-refractivity contribution in [3.8, 4) is 0 Å². The van der Waals surface area contributed by atoms with Crippen LogP contribution in [0.15, 0.2) is 0 Å². The van der Waals surface area contributed by atoms with Crippen LogP contribution in [0.25, 0.3) is 0 Å². The zero-order valence-electron chi connectivity index (χ0n) is 16.4. The third-order valence-corrected chi connectivity index (χ3v) is 2.63. The molecule has 0 aliphatic carbocycles. The Labute approximate surface area is 152 Å². The van der Waals surface area contributed by atoms with Crippen LogP contribution in [0.5, 0.6) is 0 Å². The van der Waals surface area contributed by atoms with E-state index in [1.807, 2.05) is 5.43 Å². The van der Waals surface area contributed by atoms with Gasteiger partial charge in [0.1, 0.15) is 11.2 Å². The van der Waals surface area contributed by atoms with Gasteiger partial charge >= 0.3 is 23.8 Å². The summed E-state index contributed by atoms with van der Waals surface area (Å²) in [6.07, 6.45) is -2.50. The molecule has 1 N–H and O–H groups in total. The molecule has 1 atom stereocenters. The van der Waals surface area contributed by atoms with Crippen LogP contribution in [0.4, 0.5) is 9.59 Å². The first kappa shape index (κ1) is 23.4. The Kier molecular flexibility index (Phi) is 7.38. The number of rotatable bonds is 4. The highest BCUT2D eigenvalue weighted by molar-refractivity contribution is 5.85. The van der Waals surface area contributed by atoms with Crippen LogP contribution in [0.2, 0.25) is 0 Å². The van der Waals surface area contributed by atoms with Gasteiger partial charge in [-0.15, -0.1) is 5.01 Å². The second kappa shape index (κ2) is 8.19. The zero-order valence-corrected chi connectivity index (χ0v) is 16.4. The number of esters is 1. The predicted octanol–water partition coefficient (Wildman–Crippen LogP) is 2.22. The second-order valence-corrected chi connectivity index (χ2v) is 7.43. The molecular weight excluding hydrogens is 350 g/mol. The molecule has 0 aliphatic rings. The quantitative estimate of drug-likeness (QED) is 0.259. The maximum atomic E-state index is 12.4. The molecule has 0 spiro atoms. The number of hydrazine groups is 1. The number of carbonyl (C=O) groups is 3. The maximum absolute atomic E-state index is 12.4. The lowest BCUT2D eigenvalue weighted by atomic mass is 10.2. The van der Waals surface area contributed by atoms with Gasteiger partial charge in [0.25, 0.3) is 0 Å². The number of nitro groups is 1. The Morgan fingerprint density at radius 2 is 1.46 bits per heavy atom. The van der Waals surface area contributed by atoms with Gasteiger partial charge < -0.3 is 14.2 Å². The molecule has 11 heteroatoms. The topological polar surface area (TPSA) is 137 Å². The summed E-state index contributed by atoms with van der Waals surface area (Å²) in [6, 6.07) is 0. The Bertz CT molecular complexity index is 564. The number of hydrogen-bond acceptors (Lipinski definition) is 8. The van der Waals surface area contributed by atoms with Gasteiger partial charge in [0.05, 0.1) is 11.5 Å². The molecule has 0 aromatic carbocycles. The van der Waals surface area contributed by atoms with Gasteiger partial charge in [-0.2, -0.15) is 0 Å². The fourth-order valence-corrected chi connectivity index (χ4v) is 1.55. The summed E-state index contributed by atoms with van der Waals surface area (Å²) >= 11 is 0. The van der Waals surface area contributed by atoms with E-state index in [0.717, 1.165) is 6.92 Å². The van der Waals surface area contributed by atoms with Crippen LogP contribution in [0.1, 0.15) is 55.4 Å². The van der Waals surface area contributed by atoms with Crippen molar-refractivity contribution in [1.29, 1.82) is 0 Å². The van der Waals surface area contributed by atoms with E-state index in [4.69, 9.17) is 9.47 Å². The van der Waals surface area contributed by atoms with Gasteiger partial charge in [-0.3, -0.25) is 10.1 Å². The lowest BCUT2D eigenvalue weighted by molar-refractivity contribution is -0.579. The number of ether oxygens (including phenoxy) is 3. The second-order valence-electron chi connectivity index (χ2n) is 7.43. The van der Waals surface area contributed by atoms with Crippen molar-refractivity contribution in [3.63, 3.8) is 0 Å². The highest BCUT2D eigenvalue weighted by atomic mass is 16.7. The van der Waals surface area contributed by atoms with Gasteiger partial charge in [-0.05, 0) is 48.5 Å². The van der Waals surface area contributed by atoms with Crippen molar-refractivity contribution < 1.29 is 33.5 Å². The molecule has 1 unspecified atom stereocenters. The minimum Gasteiger partial charge on any atom is -0.459 e. The molecular formula is C15H27N3O8. The van der Waals surface area contributed by atoms with Crippen LogP contribution in [-0.4, -0.2) is 51.6 Å². The molecule has 0 heterocycles. The van der Waals surface area contributed by atoms with Gasteiger partial charge in [0, 0.05) is 6.92 Å². The Morgan fingerprint density at radius 1 is 1.00 bits per heavy atom. The van der Waals surface area contributed by atoms with Crippen LogP contribution in [0, 0.1) is 10.1 Å². The summed E-state index contributed by atoms with van der Waals surface area (Å²) < 4.78 is 14.7. The van der Waals surface area contributed by atoms with Crippen molar-refractivity contribution in [2.75, 3.05) is 6.61 Å². The SMILES string of the molecule is CCOC(=O)C(C)(N(NC(=O)OC(C)(C)C)C(=O)OC(C)(C)C)[N+](=O)[O-]. The number of hydrogen-bond donors (Lipinski definition) is 1. The Hall–Kier alpha value is -2.59. The van der Waals surface area contributed by atoms with Crippen molar-refractivity contribution in [1.82, 2.24) is 10.4 Å². The molecule has 11 nitrogen and oxygen atoms in total. The fourth-order valence-electron chi connectivity index (χ4n) is 1.55. The summed E-state index contributed by atoms with van der Waals surface area (Å²) in [5, 5.41) is 11.7. The average molecular weight is 377 g/mol. The lowest BCUT2D eigenvalue weighted by Crippen LogP contribution is -2.67. The summed E-state index contributed by atoms with van der Waals surface area (Å²) in [5.41, 5.74) is -2.85. The van der Waals surface area contributed by atoms with Crippen LogP contribution in [0.3, 0.4) is 0 Å². The average Bonchev–Trinajstić information content (AvgIpc) is 2.39. The van der Waals surface area contributed by atoms with E-state index >= 15 is 0 Å². The van der Waals surface area contributed by atoms with E-state index in [1.54, 1.807) is 20.8 Å². The standard InChI is InChI=1S/C15H27N3O8/c1-9-24-10(19)15(8,18(22)23)17(12(21)26-14(5,6)7)16-11(20)25-13(2,3)4/h9H2,1-8H3,(H,16,20). The third kappa shape index (κ3) is 6.73. The number of nitrogens with zero attached hydrogens (tertiary/aromatic N) is 2. The van der Waals surface area contributed by atoms with Gasteiger partial charge in [0.2, 0.25) is 0 Å². The molecule has 0 radical (unpaired) electrons. The number of nitrogens with one attached hydrogen (secondary N) is 1. The van der Waals surface area contributed by atoms with E-state index in [-0.39, 0.29) is 11.6 Å². The third-order valence-electron chi connectivity index (χ3n) is 2.63. The predicted molar refractivity (Wildman–Crippen MR) is 89.5 cm³/mol. The molecule has 0 fully saturated rings. The van der Waals surface area contributed by atoms with Crippen molar-refractivity contribution in [2.24, 2.45) is 0 Å². The monoisotopic (exact) mass is 377 g/mol. The van der Waals surface area contributed by atoms with Crippen molar-refractivity contribution in [3.05, 3.63) is 10.1 Å². The summed E-state index contributed by atoms with van der Waals surface area (Å²) in [5.74, 6) is -1.35. The molecule has 0 aromatic rings. The molecule has 0 aromatic heterocycles. The molecule has 0 rings (SSSR count). The Balaban J connectivity index is 5.94. The first-order valence-electron chi connectivity index (χ1n) is 7.89. The van der Waals surface area contributed by atoms with Gasteiger partial charge in [-0.1, -0.05) is 0 Å². The molecule has 0 aliphatic heterocycles. The molecule has 26 heavy (non-hydrogen) atoms. The molecule has 150 valence electrons.